The molecular formula is C18H25N3O2. The van der Waals surface area contributed by atoms with E-state index < -0.39 is 6.10 Å². The standard InChI is InChI=1S/C18H25N3O2/c1-14(22)13-21(17-5-3-2-4-6-17)18(23)20-16-9-7-15(8-10-16)11-12-19/h7-10,14,17,22H,2-6,11,13H2,1H3,(H,20,23). The van der Waals surface area contributed by atoms with Crippen molar-refractivity contribution >= 4 is 11.7 Å². The minimum absolute atomic E-state index is 0.161. The second-order valence-electron chi connectivity index (χ2n) is 6.26. The topological polar surface area (TPSA) is 76.4 Å². The zero-order valence-electron chi connectivity index (χ0n) is 13.7. The van der Waals surface area contributed by atoms with Crippen molar-refractivity contribution in [3.05, 3.63) is 29.8 Å². The Bertz CT molecular complexity index is 542. The number of amides is 2. The molecule has 1 aliphatic rings. The van der Waals surface area contributed by atoms with Crippen LogP contribution in [0.25, 0.3) is 0 Å². The number of aliphatic hydroxyl groups is 1. The van der Waals surface area contributed by atoms with Crippen molar-refractivity contribution in [1.29, 1.82) is 5.26 Å². The fourth-order valence-electron chi connectivity index (χ4n) is 3.07. The molecule has 1 atom stereocenters. The van der Waals surface area contributed by atoms with Gasteiger partial charge in [-0.1, -0.05) is 31.4 Å². The van der Waals surface area contributed by atoms with E-state index in [1.807, 2.05) is 24.3 Å². The molecule has 1 aliphatic carbocycles. The van der Waals surface area contributed by atoms with E-state index in [4.69, 9.17) is 5.26 Å². The summed E-state index contributed by atoms with van der Waals surface area (Å²) in [7, 11) is 0. The van der Waals surface area contributed by atoms with Crippen molar-refractivity contribution in [2.45, 2.75) is 57.6 Å². The van der Waals surface area contributed by atoms with Crippen LogP contribution in [-0.2, 0) is 6.42 Å². The molecule has 1 saturated carbocycles. The third kappa shape index (κ3) is 5.26. The van der Waals surface area contributed by atoms with Crippen LogP contribution >= 0.6 is 0 Å². The lowest BCUT2D eigenvalue weighted by Gasteiger charge is -2.35. The predicted octanol–water partition coefficient (Wildman–Crippen LogP) is 3.30. The SMILES string of the molecule is CC(O)CN(C(=O)Nc1ccc(CC#N)cc1)C1CCCCC1. The maximum absolute atomic E-state index is 12.6. The number of carbonyl (C=O) groups is 1. The van der Waals surface area contributed by atoms with E-state index >= 15 is 0 Å². The summed E-state index contributed by atoms with van der Waals surface area (Å²) in [6.45, 7) is 2.06. The van der Waals surface area contributed by atoms with Crippen LogP contribution in [0.15, 0.2) is 24.3 Å². The van der Waals surface area contributed by atoms with Crippen molar-refractivity contribution in [3.63, 3.8) is 0 Å². The van der Waals surface area contributed by atoms with Crippen molar-refractivity contribution in [1.82, 2.24) is 4.90 Å². The molecular weight excluding hydrogens is 290 g/mol. The highest BCUT2D eigenvalue weighted by molar-refractivity contribution is 5.89. The number of anilines is 1. The Balaban J connectivity index is 2.02. The maximum atomic E-state index is 12.6. The summed E-state index contributed by atoms with van der Waals surface area (Å²) < 4.78 is 0. The molecule has 2 amide bonds. The zero-order chi connectivity index (χ0) is 16.7. The number of urea groups is 1. The average molecular weight is 315 g/mol. The largest absolute Gasteiger partial charge is 0.392 e. The third-order valence-electron chi connectivity index (χ3n) is 4.23. The minimum atomic E-state index is -0.541. The second-order valence-corrected chi connectivity index (χ2v) is 6.26. The Kier molecular flexibility index (Phi) is 6.42. The molecule has 1 unspecified atom stereocenters. The molecule has 0 aromatic heterocycles. The molecule has 0 aliphatic heterocycles. The molecule has 1 aromatic rings. The molecule has 0 bridgehead atoms. The number of carbonyl (C=O) groups excluding carboxylic acids is 1. The molecule has 0 radical (unpaired) electrons. The molecule has 5 nitrogen and oxygen atoms in total. The van der Waals surface area contributed by atoms with Crippen molar-refractivity contribution < 1.29 is 9.90 Å². The smallest absolute Gasteiger partial charge is 0.322 e. The van der Waals surface area contributed by atoms with Crippen LogP contribution in [0.4, 0.5) is 10.5 Å². The van der Waals surface area contributed by atoms with Gasteiger partial charge in [-0.25, -0.2) is 4.79 Å². The van der Waals surface area contributed by atoms with E-state index in [0.717, 1.165) is 31.2 Å². The molecule has 0 heterocycles. The zero-order valence-corrected chi connectivity index (χ0v) is 13.7. The van der Waals surface area contributed by atoms with Crippen molar-refractivity contribution in [2.24, 2.45) is 0 Å². The lowest BCUT2D eigenvalue weighted by Crippen LogP contribution is -2.47. The van der Waals surface area contributed by atoms with Crippen LogP contribution in [-0.4, -0.2) is 34.7 Å². The number of hydrogen-bond donors (Lipinski definition) is 2. The van der Waals surface area contributed by atoms with Gasteiger partial charge in [0, 0.05) is 18.3 Å². The Hall–Kier alpha value is -2.06. The lowest BCUT2D eigenvalue weighted by molar-refractivity contribution is 0.105. The molecule has 2 N–H and O–H groups in total. The second kappa shape index (κ2) is 8.54. The summed E-state index contributed by atoms with van der Waals surface area (Å²) in [5, 5.41) is 21.3. The fourth-order valence-corrected chi connectivity index (χ4v) is 3.07. The Morgan fingerprint density at radius 2 is 2.00 bits per heavy atom. The highest BCUT2D eigenvalue weighted by Crippen LogP contribution is 2.23. The molecule has 2 rings (SSSR count). The summed E-state index contributed by atoms with van der Waals surface area (Å²) in [5.41, 5.74) is 1.64. The van der Waals surface area contributed by atoms with E-state index in [9.17, 15) is 9.90 Å². The Labute approximate surface area is 137 Å². The van der Waals surface area contributed by atoms with Gasteiger partial charge < -0.3 is 15.3 Å². The summed E-state index contributed by atoms with van der Waals surface area (Å²) >= 11 is 0. The number of rotatable bonds is 5. The van der Waals surface area contributed by atoms with Gasteiger partial charge in [0.15, 0.2) is 0 Å². The number of nitrogens with zero attached hydrogens (tertiary/aromatic N) is 2. The van der Waals surface area contributed by atoms with Gasteiger partial charge in [0.25, 0.3) is 0 Å². The first-order valence-electron chi connectivity index (χ1n) is 8.31. The van der Waals surface area contributed by atoms with Gasteiger partial charge in [-0.05, 0) is 37.5 Å². The van der Waals surface area contributed by atoms with Crippen LogP contribution in [0.2, 0.25) is 0 Å². The van der Waals surface area contributed by atoms with Gasteiger partial charge in [0.2, 0.25) is 0 Å². The maximum Gasteiger partial charge on any atom is 0.322 e. The van der Waals surface area contributed by atoms with Crippen LogP contribution in [0.3, 0.4) is 0 Å². The van der Waals surface area contributed by atoms with E-state index in [2.05, 4.69) is 11.4 Å². The van der Waals surface area contributed by atoms with Gasteiger partial charge in [-0.15, -0.1) is 0 Å². The Morgan fingerprint density at radius 3 is 2.57 bits per heavy atom. The number of hydrogen-bond acceptors (Lipinski definition) is 3. The minimum Gasteiger partial charge on any atom is -0.392 e. The summed E-state index contributed by atoms with van der Waals surface area (Å²) in [4.78, 5) is 14.4. The Morgan fingerprint density at radius 1 is 1.35 bits per heavy atom. The quantitative estimate of drug-likeness (QED) is 0.875. The summed E-state index contributed by atoms with van der Waals surface area (Å²) in [5.74, 6) is 0. The molecule has 5 heteroatoms. The average Bonchev–Trinajstić information content (AvgIpc) is 2.55. The fraction of sp³-hybridized carbons (Fsp3) is 0.556. The molecule has 1 fully saturated rings. The van der Waals surface area contributed by atoms with Gasteiger partial charge in [-0.3, -0.25) is 0 Å². The highest BCUT2D eigenvalue weighted by atomic mass is 16.3. The third-order valence-corrected chi connectivity index (χ3v) is 4.23. The predicted molar refractivity (Wildman–Crippen MR) is 90.0 cm³/mol. The van der Waals surface area contributed by atoms with E-state index in [1.165, 1.54) is 6.42 Å². The number of benzene rings is 1. The van der Waals surface area contributed by atoms with Gasteiger partial charge in [-0.2, -0.15) is 5.26 Å². The van der Waals surface area contributed by atoms with Gasteiger partial charge >= 0.3 is 6.03 Å². The van der Waals surface area contributed by atoms with E-state index in [-0.39, 0.29) is 12.1 Å². The first-order valence-corrected chi connectivity index (χ1v) is 8.31. The first kappa shape index (κ1) is 17.3. The molecule has 124 valence electrons. The number of nitrogens with one attached hydrogen (secondary N) is 1. The number of aliphatic hydroxyl groups excluding tert-OH is 1. The van der Waals surface area contributed by atoms with Crippen LogP contribution in [0, 0.1) is 11.3 Å². The van der Waals surface area contributed by atoms with Crippen LogP contribution in [0.5, 0.6) is 0 Å². The van der Waals surface area contributed by atoms with Crippen LogP contribution < -0.4 is 5.32 Å². The number of nitriles is 1. The van der Waals surface area contributed by atoms with Gasteiger partial charge in [0.05, 0.1) is 18.6 Å². The van der Waals surface area contributed by atoms with Gasteiger partial charge in [0.1, 0.15) is 0 Å². The van der Waals surface area contributed by atoms with Crippen LogP contribution in [0.1, 0.15) is 44.6 Å². The molecule has 0 saturated heterocycles. The monoisotopic (exact) mass is 315 g/mol. The summed E-state index contributed by atoms with van der Waals surface area (Å²) in [6, 6.07) is 9.46. The lowest BCUT2D eigenvalue weighted by atomic mass is 9.94. The van der Waals surface area contributed by atoms with E-state index in [0.29, 0.717) is 18.7 Å². The summed E-state index contributed by atoms with van der Waals surface area (Å²) in [6.07, 6.45) is 5.32. The van der Waals surface area contributed by atoms with Crippen molar-refractivity contribution in [3.8, 4) is 6.07 Å². The molecule has 0 spiro atoms. The van der Waals surface area contributed by atoms with E-state index in [1.54, 1.807) is 11.8 Å². The first-order chi connectivity index (χ1) is 11.1. The molecule has 1 aromatic carbocycles. The van der Waals surface area contributed by atoms with Crippen molar-refractivity contribution in [2.75, 3.05) is 11.9 Å². The highest BCUT2D eigenvalue weighted by Gasteiger charge is 2.26. The molecule has 23 heavy (non-hydrogen) atoms. The normalized spacial score (nSPS) is 16.4.